The second kappa shape index (κ2) is 7.69. The summed E-state index contributed by atoms with van der Waals surface area (Å²) in [5.41, 5.74) is -8.98. The summed E-state index contributed by atoms with van der Waals surface area (Å²) in [6.45, 7) is 1.73. The summed E-state index contributed by atoms with van der Waals surface area (Å²) in [6, 6.07) is 0. The van der Waals surface area contributed by atoms with E-state index in [0.29, 0.717) is 0 Å². The molecule has 1 atom stereocenters. The highest BCUT2D eigenvalue weighted by Gasteiger charge is 2.96. The number of halogens is 15. The van der Waals surface area contributed by atoms with Gasteiger partial charge in [-0.25, -0.2) is 9.18 Å². The normalized spacial score (nSPS) is 16.8. The standard InChI is InChI=1S/C13H9F15O2/c1-5(2)6(29)30-4-3-7(14,15)9(17,18)8(16,12(23,24)25)10(19,20)11(21,22)13(26,27)28/h1,3-4H2,2H3. The zero-order valence-corrected chi connectivity index (χ0v) is 14.1. The lowest BCUT2D eigenvalue weighted by Gasteiger charge is -2.44. The van der Waals surface area contributed by atoms with Gasteiger partial charge in [-0.3, -0.25) is 0 Å². The molecule has 0 saturated carbocycles. The number of ether oxygens (including phenoxy) is 1. The van der Waals surface area contributed by atoms with E-state index in [2.05, 4.69) is 11.3 Å². The average molecular weight is 482 g/mol. The number of hydrogen-bond donors (Lipinski definition) is 0. The van der Waals surface area contributed by atoms with E-state index in [4.69, 9.17) is 0 Å². The molecule has 0 aromatic rings. The van der Waals surface area contributed by atoms with Crippen LogP contribution in [0.25, 0.3) is 0 Å². The molecule has 178 valence electrons. The van der Waals surface area contributed by atoms with Gasteiger partial charge >= 0.3 is 47.7 Å². The SMILES string of the molecule is C=C(C)C(=O)OCCC(F)(F)C(F)(F)C(F)(C(F)(F)F)C(F)(F)C(F)(F)C(F)(F)F. The number of hydrogen-bond acceptors (Lipinski definition) is 2. The fraction of sp³-hybridized carbons (Fsp3) is 0.769. The van der Waals surface area contributed by atoms with E-state index in [1.54, 1.807) is 0 Å². The van der Waals surface area contributed by atoms with Gasteiger partial charge in [0.1, 0.15) is 0 Å². The first-order valence-electron chi connectivity index (χ1n) is 6.99. The number of rotatable bonds is 8. The molecule has 30 heavy (non-hydrogen) atoms. The van der Waals surface area contributed by atoms with Crippen molar-refractivity contribution in [2.24, 2.45) is 0 Å². The van der Waals surface area contributed by atoms with Gasteiger partial charge in [-0.15, -0.1) is 0 Å². The van der Waals surface area contributed by atoms with E-state index >= 15 is 0 Å². The highest BCUT2D eigenvalue weighted by molar-refractivity contribution is 5.86. The van der Waals surface area contributed by atoms with Crippen molar-refractivity contribution in [3.8, 4) is 0 Å². The summed E-state index contributed by atoms with van der Waals surface area (Å²) >= 11 is 0. The smallest absolute Gasteiger partial charge is 0.460 e. The molecule has 0 fully saturated rings. The van der Waals surface area contributed by atoms with Crippen molar-refractivity contribution in [1.29, 1.82) is 0 Å². The lowest BCUT2D eigenvalue weighted by molar-refractivity contribution is -0.457. The van der Waals surface area contributed by atoms with Crippen LogP contribution in [0.2, 0.25) is 0 Å². The fourth-order valence-corrected chi connectivity index (χ4v) is 1.75. The second-order valence-corrected chi connectivity index (χ2v) is 5.75. The molecule has 0 amide bonds. The van der Waals surface area contributed by atoms with Crippen LogP contribution in [0.1, 0.15) is 13.3 Å². The molecule has 0 rings (SSSR count). The summed E-state index contributed by atoms with van der Waals surface area (Å²) in [7, 11) is 0. The van der Waals surface area contributed by atoms with E-state index < -0.39 is 66.3 Å². The van der Waals surface area contributed by atoms with Gasteiger partial charge in [0.2, 0.25) is 0 Å². The Kier molecular flexibility index (Phi) is 7.22. The molecule has 0 aliphatic heterocycles. The maximum Gasteiger partial charge on any atom is 0.460 e. The Morgan fingerprint density at radius 2 is 1.10 bits per heavy atom. The van der Waals surface area contributed by atoms with Crippen molar-refractivity contribution < 1.29 is 75.4 Å². The summed E-state index contributed by atoms with van der Waals surface area (Å²) < 4.78 is 198. The van der Waals surface area contributed by atoms with Gasteiger partial charge in [0.25, 0.3) is 0 Å². The number of carbonyl (C=O) groups is 1. The van der Waals surface area contributed by atoms with Crippen LogP contribution >= 0.6 is 0 Å². The molecule has 0 aromatic carbocycles. The predicted molar refractivity (Wildman–Crippen MR) is 66.1 cm³/mol. The molecule has 0 heterocycles. The zero-order chi connectivity index (χ0) is 24.8. The maximum atomic E-state index is 13.9. The minimum Gasteiger partial charge on any atom is -0.462 e. The maximum absolute atomic E-state index is 13.9. The van der Waals surface area contributed by atoms with Crippen molar-refractivity contribution in [3.63, 3.8) is 0 Å². The van der Waals surface area contributed by atoms with Crippen molar-refractivity contribution in [3.05, 3.63) is 12.2 Å². The summed E-state index contributed by atoms with van der Waals surface area (Å²) in [5, 5.41) is 0. The van der Waals surface area contributed by atoms with Crippen LogP contribution in [-0.2, 0) is 9.53 Å². The molecule has 0 aromatic heterocycles. The van der Waals surface area contributed by atoms with Crippen molar-refractivity contribution >= 4 is 5.97 Å². The first kappa shape index (κ1) is 28.2. The molecule has 0 spiro atoms. The highest BCUT2D eigenvalue weighted by Crippen LogP contribution is 2.64. The zero-order valence-electron chi connectivity index (χ0n) is 14.1. The quantitative estimate of drug-likeness (QED) is 0.246. The Labute approximate surface area is 156 Å². The highest BCUT2D eigenvalue weighted by atomic mass is 19.4. The number of carbonyl (C=O) groups excluding carboxylic acids is 1. The minimum atomic E-state index is -8.46. The van der Waals surface area contributed by atoms with E-state index in [-0.39, 0.29) is 0 Å². The first-order valence-corrected chi connectivity index (χ1v) is 6.99. The Balaban J connectivity index is 6.48. The lowest BCUT2D eigenvalue weighted by Crippen LogP contribution is -2.77. The molecule has 0 aliphatic rings. The molecule has 0 N–H and O–H groups in total. The summed E-state index contributed by atoms with van der Waals surface area (Å²) in [5.74, 6) is -32.8. The van der Waals surface area contributed by atoms with E-state index in [1.165, 1.54) is 0 Å². The van der Waals surface area contributed by atoms with Crippen molar-refractivity contribution in [2.75, 3.05) is 6.61 Å². The molecule has 0 saturated heterocycles. The summed E-state index contributed by atoms with van der Waals surface area (Å²) in [4.78, 5) is 10.9. The van der Waals surface area contributed by atoms with Crippen LogP contribution in [0.3, 0.4) is 0 Å². The lowest BCUT2D eigenvalue weighted by atomic mass is 9.81. The van der Waals surface area contributed by atoms with Crippen LogP contribution in [0.15, 0.2) is 12.2 Å². The Hall–Kier alpha value is -1.84. The Morgan fingerprint density at radius 1 is 0.700 bits per heavy atom. The van der Waals surface area contributed by atoms with Crippen LogP contribution < -0.4 is 0 Å². The van der Waals surface area contributed by atoms with Gasteiger partial charge in [-0.2, -0.15) is 61.5 Å². The third kappa shape index (κ3) is 4.15. The summed E-state index contributed by atoms with van der Waals surface area (Å²) in [6.07, 6.45) is -18.7. The van der Waals surface area contributed by atoms with Crippen molar-refractivity contribution in [2.45, 2.75) is 55.1 Å². The predicted octanol–water partition coefficient (Wildman–Crippen LogP) is 5.87. The molecular formula is C13H9F15O2. The topological polar surface area (TPSA) is 26.3 Å². The molecule has 0 bridgehead atoms. The minimum absolute atomic E-state index is 0.573. The van der Waals surface area contributed by atoms with Crippen molar-refractivity contribution in [1.82, 2.24) is 0 Å². The Morgan fingerprint density at radius 3 is 1.40 bits per heavy atom. The number of esters is 1. The van der Waals surface area contributed by atoms with Crippen LogP contribution in [0, 0.1) is 0 Å². The molecule has 0 radical (unpaired) electrons. The van der Waals surface area contributed by atoms with Crippen LogP contribution in [0.5, 0.6) is 0 Å². The average Bonchev–Trinajstić information content (AvgIpc) is 2.50. The van der Waals surface area contributed by atoms with E-state index in [1.807, 2.05) is 0 Å². The molecule has 17 heteroatoms. The Bertz CT molecular complexity index is 660. The van der Waals surface area contributed by atoms with Crippen LogP contribution in [0.4, 0.5) is 65.9 Å². The first-order chi connectivity index (χ1) is 12.8. The number of alkyl halides is 15. The third-order valence-electron chi connectivity index (χ3n) is 3.46. The van der Waals surface area contributed by atoms with E-state index in [0.717, 1.165) is 6.92 Å². The molecular weight excluding hydrogens is 473 g/mol. The van der Waals surface area contributed by atoms with Gasteiger partial charge in [-0.05, 0) is 6.92 Å². The third-order valence-corrected chi connectivity index (χ3v) is 3.46. The van der Waals surface area contributed by atoms with Gasteiger partial charge in [0, 0.05) is 5.57 Å². The molecule has 2 nitrogen and oxygen atoms in total. The fourth-order valence-electron chi connectivity index (χ4n) is 1.75. The molecule has 1 unspecified atom stereocenters. The van der Waals surface area contributed by atoms with Gasteiger partial charge in [0.05, 0.1) is 13.0 Å². The van der Waals surface area contributed by atoms with Gasteiger partial charge < -0.3 is 4.74 Å². The molecule has 0 aliphatic carbocycles. The largest absolute Gasteiger partial charge is 0.462 e. The second-order valence-electron chi connectivity index (χ2n) is 5.75. The van der Waals surface area contributed by atoms with Gasteiger partial charge in [0.15, 0.2) is 0 Å². The van der Waals surface area contributed by atoms with E-state index in [9.17, 15) is 70.7 Å². The van der Waals surface area contributed by atoms with Gasteiger partial charge in [-0.1, -0.05) is 6.58 Å². The monoisotopic (exact) mass is 482 g/mol. The van der Waals surface area contributed by atoms with Crippen LogP contribution in [-0.4, -0.2) is 54.3 Å².